The highest BCUT2D eigenvalue weighted by Crippen LogP contribution is 2.50. The molecule has 0 spiro atoms. The molecule has 10 nitrogen and oxygen atoms in total. The van der Waals surface area contributed by atoms with Crippen molar-refractivity contribution in [3.63, 3.8) is 0 Å². The third-order valence-electron chi connectivity index (χ3n) is 5.92. The number of anilines is 1. The predicted octanol–water partition coefficient (Wildman–Crippen LogP) is 3.35. The molecule has 0 bridgehead atoms. The molecule has 2 amide bonds. The Bertz CT molecular complexity index is 1040. The number of hydrogen-bond acceptors (Lipinski definition) is 6. The Hall–Kier alpha value is -3.12. The van der Waals surface area contributed by atoms with Crippen LogP contribution in [0, 0.1) is 17.8 Å². The molecule has 0 aromatic carbocycles. The molecule has 192 valence electrons. The number of carbonyl (C=O) groups is 2. The molecule has 0 aliphatic heterocycles. The summed E-state index contributed by atoms with van der Waals surface area (Å²) in [4.78, 5) is 25.8. The second-order valence-electron chi connectivity index (χ2n) is 10.3. The van der Waals surface area contributed by atoms with Gasteiger partial charge in [0.1, 0.15) is 18.2 Å². The Morgan fingerprint density at radius 2 is 1.80 bits per heavy atom. The van der Waals surface area contributed by atoms with Crippen molar-refractivity contribution in [2.45, 2.75) is 77.4 Å². The van der Waals surface area contributed by atoms with Gasteiger partial charge in [-0.2, -0.15) is 18.3 Å². The Kier molecular flexibility index (Phi) is 6.78. The van der Waals surface area contributed by atoms with E-state index in [4.69, 9.17) is 4.74 Å². The maximum Gasteiger partial charge on any atom is 0.408 e. The van der Waals surface area contributed by atoms with Gasteiger partial charge < -0.3 is 15.4 Å². The van der Waals surface area contributed by atoms with Crippen molar-refractivity contribution < 1.29 is 27.5 Å². The molecule has 4 rings (SSSR count). The first-order valence-electron chi connectivity index (χ1n) is 11.6. The first-order chi connectivity index (χ1) is 16.4. The van der Waals surface area contributed by atoms with E-state index >= 15 is 0 Å². The van der Waals surface area contributed by atoms with Crippen LogP contribution in [0.1, 0.15) is 52.1 Å². The monoisotopic (exact) mass is 497 g/mol. The molecule has 1 atom stereocenters. The van der Waals surface area contributed by atoms with Gasteiger partial charge in [0.2, 0.25) is 5.91 Å². The molecule has 0 unspecified atom stereocenters. The lowest BCUT2D eigenvalue weighted by Crippen LogP contribution is -2.51. The van der Waals surface area contributed by atoms with Gasteiger partial charge in [-0.1, -0.05) is 5.21 Å². The summed E-state index contributed by atoms with van der Waals surface area (Å²) in [5.74, 6) is 0.429. The van der Waals surface area contributed by atoms with Crippen LogP contribution in [0.2, 0.25) is 0 Å². The van der Waals surface area contributed by atoms with E-state index in [0.717, 1.165) is 30.4 Å². The maximum absolute atomic E-state index is 13.3. The molecule has 2 N–H and O–H groups in total. The minimum Gasteiger partial charge on any atom is -0.444 e. The molecule has 35 heavy (non-hydrogen) atoms. The Balaban J connectivity index is 1.44. The summed E-state index contributed by atoms with van der Waals surface area (Å²) in [6.07, 6.45) is 3.18. The number of nitrogens with zero attached hydrogens (tertiary/aromatic N) is 5. The van der Waals surface area contributed by atoms with Crippen molar-refractivity contribution in [3.8, 4) is 0 Å². The first-order valence-corrected chi connectivity index (χ1v) is 11.6. The van der Waals surface area contributed by atoms with Crippen molar-refractivity contribution >= 4 is 17.7 Å². The number of carbonyl (C=O) groups excluding carboxylic acids is 2. The van der Waals surface area contributed by atoms with Crippen molar-refractivity contribution in [1.29, 1.82) is 0 Å². The SMILES string of the molecule is CC(C)(C)OC(=O)N[C@H](C(=O)Nc1cnn(Cc2cnnn2CC(F)(F)F)c1)C(C1CC1)C1CC1. The first kappa shape index (κ1) is 25.0. The molecule has 2 aromatic heterocycles. The van der Waals surface area contributed by atoms with Crippen LogP contribution in [-0.4, -0.2) is 54.6 Å². The highest BCUT2D eigenvalue weighted by molar-refractivity contribution is 5.96. The lowest BCUT2D eigenvalue weighted by Gasteiger charge is -2.28. The number of hydrogen-bond donors (Lipinski definition) is 2. The predicted molar refractivity (Wildman–Crippen MR) is 118 cm³/mol. The van der Waals surface area contributed by atoms with Crippen molar-refractivity contribution in [3.05, 3.63) is 24.3 Å². The molecule has 0 radical (unpaired) electrons. The maximum atomic E-state index is 13.3. The molecule has 2 aliphatic carbocycles. The van der Waals surface area contributed by atoms with Crippen LogP contribution < -0.4 is 10.6 Å². The summed E-state index contributed by atoms with van der Waals surface area (Å²) < 4.78 is 45.7. The zero-order valence-electron chi connectivity index (χ0n) is 19.9. The fraction of sp³-hybridized carbons (Fsp3) is 0.682. The fourth-order valence-corrected chi connectivity index (χ4v) is 4.27. The highest BCUT2D eigenvalue weighted by atomic mass is 19.4. The third-order valence-corrected chi connectivity index (χ3v) is 5.92. The van der Waals surface area contributed by atoms with Crippen molar-refractivity contribution in [2.24, 2.45) is 17.8 Å². The van der Waals surface area contributed by atoms with Crippen LogP contribution in [0.4, 0.5) is 23.7 Å². The van der Waals surface area contributed by atoms with Gasteiger partial charge in [0.25, 0.3) is 0 Å². The largest absolute Gasteiger partial charge is 0.444 e. The summed E-state index contributed by atoms with van der Waals surface area (Å²) in [6.45, 7) is 4.00. The van der Waals surface area contributed by atoms with Gasteiger partial charge in [-0.05, 0) is 64.2 Å². The fourth-order valence-electron chi connectivity index (χ4n) is 4.27. The lowest BCUT2D eigenvalue weighted by atomic mass is 9.89. The number of amides is 2. The third kappa shape index (κ3) is 7.18. The van der Waals surface area contributed by atoms with E-state index in [1.165, 1.54) is 23.3 Å². The average Bonchev–Trinajstić information content (AvgIpc) is 3.64. The average molecular weight is 498 g/mol. The topological polar surface area (TPSA) is 116 Å². The molecule has 2 heterocycles. The van der Waals surface area contributed by atoms with Crippen LogP contribution >= 0.6 is 0 Å². The summed E-state index contributed by atoms with van der Waals surface area (Å²) in [5.41, 5.74) is -0.115. The summed E-state index contributed by atoms with van der Waals surface area (Å²) in [7, 11) is 0. The Morgan fingerprint density at radius 3 is 2.37 bits per heavy atom. The van der Waals surface area contributed by atoms with Gasteiger partial charge in [-0.3, -0.25) is 9.48 Å². The smallest absolute Gasteiger partial charge is 0.408 e. The quantitative estimate of drug-likeness (QED) is 0.549. The molecule has 13 heteroatoms. The van der Waals surface area contributed by atoms with Gasteiger partial charge >= 0.3 is 12.3 Å². The molecular formula is C22H30F3N7O3. The number of nitrogens with one attached hydrogen (secondary N) is 2. The summed E-state index contributed by atoms with van der Waals surface area (Å²) >= 11 is 0. The molecule has 0 saturated heterocycles. The summed E-state index contributed by atoms with van der Waals surface area (Å²) in [5, 5.41) is 16.7. The van der Waals surface area contributed by atoms with E-state index in [2.05, 4.69) is 26.0 Å². The van der Waals surface area contributed by atoms with Crippen LogP contribution in [0.3, 0.4) is 0 Å². The minimum absolute atomic E-state index is 0.00862. The van der Waals surface area contributed by atoms with E-state index in [1.807, 2.05) is 0 Å². The second-order valence-corrected chi connectivity index (χ2v) is 10.3. The highest BCUT2D eigenvalue weighted by Gasteiger charge is 2.48. The molecule has 2 aliphatic rings. The van der Waals surface area contributed by atoms with E-state index in [1.54, 1.807) is 20.8 Å². The number of rotatable bonds is 9. The van der Waals surface area contributed by atoms with Crippen molar-refractivity contribution in [2.75, 3.05) is 5.32 Å². The Morgan fingerprint density at radius 1 is 1.14 bits per heavy atom. The van der Waals surface area contributed by atoms with Crippen LogP contribution in [0.15, 0.2) is 18.6 Å². The van der Waals surface area contributed by atoms with E-state index in [0.29, 0.717) is 17.5 Å². The van der Waals surface area contributed by atoms with E-state index in [-0.39, 0.29) is 24.1 Å². The number of aromatic nitrogens is 5. The lowest BCUT2D eigenvalue weighted by molar-refractivity contribution is -0.143. The van der Waals surface area contributed by atoms with Gasteiger partial charge in [0, 0.05) is 6.20 Å². The van der Waals surface area contributed by atoms with Gasteiger partial charge in [0.15, 0.2) is 0 Å². The number of alkyl carbamates (subject to hydrolysis) is 1. The zero-order valence-corrected chi connectivity index (χ0v) is 19.9. The molecule has 2 aromatic rings. The zero-order chi connectivity index (χ0) is 25.4. The van der Waals surface area contributed by atoms with Crippen LogP contribution in [0.5, 0.6) is 0 Å². The van der Waals surface area contributed by atoms with Crippen LogP contribution in [-0.2, 0) is 22.6 Å². The molecule has 2 fully saturated rings. The van der Waals surface area contributed by atoms with E-state index in [9.17, 15) is 22.8 Å². The van der Waals surface area contributed by atoms with Crippen molar-refractivity contribution in [1.82, 2.24) is 30.1 Å². The molecule has 2 saturated carbocycles. The van der Waals surface area contributed by atoms with Gasteiger partial charge in [-0.15, -0.1) is 5.10 Å². The summed E-state index contributed by atoms with van der Waals surface area (Å²) in [6, 6.07) is -0.759. The number of ether oxygens (including phenoxy) is 1. The molecular weight excluding hydrogens is 467 g/mol. The normalized spacial score (nSPS) is 17.3. The standard InChI is InChI=1S/C22H30F3N7O3/c1-21(2,3)35-20(34)29-18(17(13-4-5-13)14-6-7-14)19(33)28-15-8-27-31(10-15)11-16-9-26-30-32(16)12-22(23,24)25/h8-10,13-14,17-18H,4-7,11-12H2,1-3H3,(H,28,33)(H,29,34)/t18-/m0/s1. The Labute approximate surface area is 200 Å². The van der Waals surface area contributed by atoms with Gasteiger partial charge in [0.05, 0.1) is 30.3 Å². The number of halogens is 3. The van der Waals surface area contributed by atoms with E-state index < -0.39 is 30.5 Å². The van der Waals surface area contributed by atoms with Gasteiger partial charge in [-0.25, -0.2) is 9.48 Å². The second kappa shape index (κ2) is 9.50. The minimum atomic E-state index is -4.43. The number of alkyl halides is 3. The van der Waals surface area contributed by atoms with Crippen LogP contribution in [0.25, 0.3) is 0 Å².